The van der Waals surface area contributed by atoms with Crippen molar-refractivity contribution in [3.63, 3.8) is 0 Å². The number of ether oxygens (including phenoxy) is 1. The lowest BCUT2D eigenvalue weighted by Gasteiger charge is -2.39. The fourth-order valence-electron chi connectivity index (χ4n) is 4.21. The van der Waals surface area contributed by atoms with E-state index in [0.29, 0.717) is 18.2 Å². The molecule has 0 bridgehead atoms. The normalized spacial score (nSPS) is 19.7. The zero-order chi connectivity index (χ0) is 20.1. The van der Waals surface area contributed by atoms with Crippen molar-refractivity contribution in [1.29, 1.82) is 0 Å². The van der Waals surface area contributed by atoms with E-state index in [2.05, 4.69) is 26.9 Å². The first-order chi connectivity index (χ1) is 14.2. The first kappa shape index (κ1) is 21.1. The molecule has 2 fully saturated rings. The van der Waals surface area contributed by atoms with Crippen LogP contribution in [0.1, 0.15) is 18.7 Å². The SMILES string of the molecule is COCCNc1nc(CN2CCC(N3CCSCC3)CC2)nc2ccc(Cl)cc12. The zero-order valence-electron chi connectivity index (χ0n) is 17.1. The van der Waals surface area contributed by atoms with Gasteiger partial charge >= 0.3 is 0 Å². The molecule has 2 aliphatic heterocycles. The van der Waals surface area contributed by atoms with Crippen molar-refractivity contribution in [3.8, 4) is 0 Å². The lowest BCUT2D eigenvalue weighted by Crippen LogP contribution is -2.47. The molecule has 2 saturated heterocycles. The lowest BCUT2D eigenvalue weighted by molar-refractivity contribution is 0.111. The Morgan fingerprint density at radius 1 is 1.17 bits per heavy atom. The molecule has 1 aromatic carbocycles. The summed E-state index contributed by atoms with van der Waals surface area (Å²) in [4.78, 5) is 14.8. The van der Waals surface area contributed by atoms with Gasteiger partial charge in [-0.25, -0.2) is 9.97 Å². The Bertz CT molecular complexity index is 809. The zero-order valence-corrected chi connectivity index (χ0v) is 18.6. The predicted molar refractivity (Wildman–Crippen MR) is 122 cm³/mol. The third-order valence-electron chi connectivity index (χ3n) is 5.79. The van der Waals surface area contributed by atoms with Crippen molar-refractivity contribution in [2.24, 2.45) is 0 Å². The van der Waals surface area contributed by atoms with Crippen LogP contribution in [0.4, 0.5) is 5.82 Å². The van der Waals surface area contributed by atoms with Gasteiger partial charge in [-0.2, -0.15) is 11.8 Å². The van der Waals surface area contributed by atoms with Gasteiger partial charge in [-0.3, -0.25) is 9.80 Å². The van der Waals surface area contributed by atoms with Crippen LogP contribution < -0.4 is 5.32 Å². The number of likely N-dealkylation sites (tertiary alicyclic amines) is 1. The fraction of sp³-hybridized carbons (Fsp3) is 0.619. The molecule has 6 nitrogen and oxygen atoms in total. The van der Waals surface area contributed by atoms with Gasteiger partial charge in [0.25, 0.3) is 0 Å². The molecule has 0 spiro atoms. The Hall–Kier alpha value is -1.12. The molecule has 0 unspecified atom stereocenters. The summed E-state index contributed by atoms with van der Waals surface area (Å²) >= 11 is 8.29. The van der Waals surface area contributed by atoms with E-state index in [0.717, 1.165) is 48.2 Å². The summed E-state index contributed by atoms with van der Waals surface area (Å²) in [6.07, 6.45) is 2.49. The number of hydrogen-bond acceptors (Lipinski definition) is 7. The van der Waals surface area contributed by atoms with Crippen LogP contribution in [0.5, 0.6) is 0 Å². The molecular formula is C21H30ClN5OS. The molecule has 4 rings (SSSR count). The number of aromatic nitrogens is 2. The molecule has 3 heterocycles. The van der Waals surface area contributed by atoms with Crippen molar-refractivity contribution in [1.82, 2.24) is 19.8 Å². The third-order valence-corrected chi connectivity index (χ3v) is 6.96. The minimum atomic E-state index is 0.629. The topological polar surface area (TPSA) is 53.5 Å². The number of nitrogens with one attached hydrogen (secondary N) is 1. The number of nitrogens with zero attached hydrogens (tertiary/aromatic N) is 4. The number of rotatable bonds is 7. The summed E-state index contributed by atoms with van der Waals surface area (Å²) in [5.74, 6) is 4.28. The van der Waals surface area contributed by atoms with Crippen LogP contribution in [0.3, 0.4) is 0 Å². The summed E-state index contributed by atoms with van der Waals surface area (Å²) in [5, 5.41) is 5.04. The number of methoxy groups -OCH3 is 1. The second-order valence-electron chi connectivity index (χ2n) is 7.73. The number of halogens is 1. The third kappa shape index (κ3) is 5.52. The predicted octanol–water partition coefficient (Wildman–Crippen LogP) is 3.35. The van der Waals surface area contributed by atoms with Gasteiger partial charge in [-0.15, -0.1) is 0 Å². The van der Waals surface area contributed by atoms with Gasteiger partial charge in [-0.05, 0) is 31.0 Å². The Labute approximate surface area is 182 Å². The summed E-state index contributed by atoms with van der Waals surface area (Å²) in [7, 11) is 1.70. The molecule has 0 amide bonds. The number of hydrogen-bond donors (Lipinski definition) is 1. The largest absolute Gasteiger partial charge is 0.383 e. The Morgan fingerprint density at radius 3 is 2.72 bits per heavy atom. The molecule has 0 saturated carbocycles. The Balaban J connectivity index is 1.43. The van der Waals surface area contributed by atoms with Crippen molar-refractivity contribution < 1.29 is 4.74 Å². The first-order valence-electron chi connectivity index (χ1n) is 10.5. The van der Waals surface area contributed by atoms with E-state index in [9.17, 15) is 0 Å². The van der Waals surface area contributed by atoms with Crippen molar-refractivity contribution >= 4 is 40.1 Å². The summed E-state index contributed by atoms with van der Waals surface area (Å²) < 4.78 is 5.17. The van der Waals surface area contributed by atoms with Crippen molar-refractivity contribution in [2.45, 2.75) is 25.4 Å². The smallest absolute Gasteiger partial charge is 0.145 e. The maximum Gasteiger partial charge on any atom is 0.145 e. The average Bonchev–Trinajstić information content (AvgIpc) is 2.75. The van der Waals surface area contributed by atoms with Crippen LogP contribution >= 0.6 is 23.4 Å². The highest BCUT2D eigenvalue weighted by atomic mass is 35.5. The van der Waals surface area contributed by atoms with Gasteiger partial charge in [-0.1, -0.05) is 11.6 Å². The highest BCUT2D eigenvalue weighted by Crippen LogP contribution is 2.25. The van der Waals surface area contributed by atoms with Crippen LogP contribution in [0.15, 0.2) is 18.2 Å². The molecular weight excluding hydrogens is 406 g/mol. The highest BCUT2D eigenvalue weighted by Gasteiger charge is 2.26. The molecule has 2 aromatic rings. The molecule has 2 aliphatic rings. The highest BCUT2D eigenvalue weighted by molar-refractivity contribution is 7.99. The molecule has 158 valence electrons. The van der Waals surface area contributed by atoms with Gasteiger partial charge in [0.15, 0.2) is 0 Å². The van der Waals surface area contributed by atoms with Gasteiger partial charge in [0.05, 0.1) is 18.7 Å². The van der Waals surface area contributed by atoms with Crippen LogP contribution in [0.25, 0.3) is 10.9 Å². The van der Waals surface area contributed by atoms with Crippen molar-refractivity contribution in [3.05, 3.63) is 29.0 Å². The van der Waals surface area contributed by atoms with E-state index in [1.165, 1.54) is 37.4 Å². The van der Waals surface area contributed by atoms with E-state index in [4.69, 9.17) is 26.3 Å². The summed E-state index contributed by atoms with van der Waals surface area (Å²) in [6, 6.07) is 6.55. The summed E-state index contributed by atoms with van der Waals surface area (Å²) in [6.45, 7) is 6.86. The quantitative estimate of drug-likeness (QED) is 0.669. The van der Waals surface area contributed by atoms with E-state index >= 15 is 0 Å². The van der Waals surface area contributed by atoms with E-state index in [1.54, 1.807) is 7.11 Å². The monoisotopic (exact) mass is 435 g/mol. The maximum atomic E-state index is 6.20. The van der Waals surface area contributed by atoms with Crippen LogP contribution in [0.2, 0.25) is 5.02 Å². The minimum absolute atomic E-state index is 0.629. The second-order valence-corrected chi connectivity index (χ2v) is 9.39. The van der Waals surface area contributed by atoms with E-state index in [-0.39, 0.29) is 0 Å². The number of piperidine rings is 1. The van der Waals surface area contributed by atoms with Crippen LogP contribution in [-0.2, 0) is 11.3 Å². The summed E-state index contributed by atoms with van der Waals surface area (Å²) in [5.41, 5.74) is 0.931. The van der Waals surface area contributed by atoms with Gasteiger partial charge in [0.1, 0.15) is 11.6 Å². The van der Waals surface area contributed by atoms with Crippen LogP contribution in [0, 0.1) is 0 Å². The number of thioether (sulfide) groups is 1. The van der Waals surface area contributed by atoms with Gasteiger partial charge in [0.2, 0.25) is 0 Å². The average molecular weight is 436 g/mol. The number of benzene rings is 1. The second kappa shape index (κ2) is 10.3. The Kier molecular flexibility index (Phi) is 7.48. The van der Waals surface area contributed by atoms with Crippen LogP contribution in [-0.4, -0.2) is 83.8 Å². The molecule has 1 aromatic heterocycles. The molecule has 0 atom stereocenters. The Morgan fingerprint density at radius 2 is 1.97 bits per heavy atom. The van der Waals surface area contributed by atoms with Crippen molar-refractivity contribution in [2.75, 3.05) is 63.3 Å². The molecule has 0 aliphatic carbocycles. The maximum absolute atomic E-state index is 6.20. The standard InChI is InChI=1S/C21H30ClN5OS/c1-28-11-6-23-21-18-14-16(22)2-3-19(18)24-20(25-21)15-26-7-4-17(5-8-26)27-9-12-29-13-10-27/h2-3,14,17H,4-13,15H2,1H3,(H,23,24,25). The minimum Gasteiger partial charge on any atom is -0.383 e. The number of anilines is 1. The number of fused-ring (bicyclic) bond motifs is 1. The first-order valence-corrected chi connectivity index (χ1v) is 12.0. The molecule has 29 heavy (non-hydrogen) atoms. The van der Waals surface area contributed by atoms with Gasteiger partial charge in [0, 0.05) is 67.8 Å². The van der Waals surface area contributed by atoms with Gasteiger partial charge < -0.3 is 10.1 Å². The lowest BCUT2D eigenvalue weighted by atomic mass is 10.0. The van der Waals surface area contributed by atoms with E-state index < -0.39 is 0 Å². The van der Waals surface area contributed by atoms with E-state index in [1.807, 2.05) is 18.2 Å². The molecule has 8 heteroatoms. The molecule has 0 radical (unpaired) electrons. The fourth-order valence-corrected chi connectivity index (χ4v) is 5.31. The molecule has 1 N–H and O–H groups in total.